The lowest BCUT2D eigenvalue weighted by molar-refractivity contribution is -0.163. The van der Waals surface area contributed by atoms with Crippen molar-refractivity contribution in [2.45, 2.75) is 39.3 Å². The minimum absolute atomic E-state index is 0.131. The van der Waals surface area contributed by atoms with Crippen molar-refractivity contribution in [2.75, 3.05) is 0 Å². The van der Waals surface area contributed by atoms with Gasteiger partial charge in [-0.1, -0.05) is 30.3 Å². The number of rotatable bonds is 4. The molecule has 1 aromatic rings. The number of ether oxygens (including phenoxy) is 1. The molecule has 0 aliphatic heterocycles. The van der Waals surface area contributed by atoms with Crippen molar-refractivity contribution in [3.05, 3.63) is 35.9 Å². The molecular weight excluding hydrogens is 230 g/mol. The molecule has 0 bridgehead atoms. The Morgan fingerprint density at radius 1 is 1.22 bits per heavy atom. The Morgan fingerprint density at radius 2 is 1.78 bits per heavy atom. The zero-order chi connectivity index (χ0) is 13.8. The predicted molar refractivity (Wildman–Crippen MR) is 68.8 cm³/mol. The Hall–Kier alpha value is -1.84. The summed E-state index contributed by atoms with van der Waals surface area (Å²) in [5.41, 5.74) is -0.154. The van der Waals surface area contributed by atoms with Gasteiger partial charge >= 0.3 is 5.97 Å². The molecule has 0 saturated carbocycles. The van der Waals surface area contributed by atoms with E-state index >= 15 is 0 Å². The van der Waals surface area contributed by atoms with Crippen LogP contribution >= 0.6 is 0 Å². The van der Waals surface area contributed by atoms with Crippen LogP contribution in [0.4, 0.5) is 0 Å². The van der Waals surface area contributed by atoms with E-state index < -0.39 is 11.6 Å². The summed E-state index contributed by atoms with van der Waals surface area (Å²) >= 11 is 0. The van der Waals surface area contributed by atoms with Crippen molar-refractivity contribution < 1.29 is 14.3 Å². The molecule has 0 spiro atoms. The van der Waals surface area contributed by atoms with Crippen LogP contribution in [0, 0.1) is 0 Å². The number of benzene rings is 1. The highest BCUT2D eigenvalue weighted by Crippen LogP contribution is 2.15. The molecule has 4 heteroatoms. The van der Waals surface area contributed by atoms with Gasteiger partial charge < -0.3 is 10.1 Å². The minimum Gasteiger partial charge on any atom is -0.450 e. The summed E-state index contributed by atoms with van der Waals surface area (Å²) in [6.07, 6.45) is 0. The van der Waals surface area contributed by atoms with E-state index in [-0.39, 0.29) is 11.9 Å². The maximum atomic E-state index is 12.0. The van der Waals surface area contributed by atoms with Crippen LogP contribution in [0.25, 0.3) is 0 Å². The van der Waals surface area contributed by atoms with E-state index in [0.29, 0.717) is 0 Å². The van der Waals surface area contributed by atoms with E-state index in [2.05, 4.69) is 5.32 Å². The van der Waals surface area contributed by atoms with Gasteiger partial charge in [0.1, 0.15) is 0 Å². The second kappa shape index (κ2) is 5.67. The third-order valence-electron chi connectivity index (χ3n) is 2.59. The Balaban J connectivity index is 2.67. The van der Waals surface area contributed by atoms with Crippen molar-refractivity contribution in [2.24, 2.45) is 0 Å². The third-order valence-corrected chi connectivity index (χ3v) is 2.59. The van der Waals surface area contributed by atoms with E-state index in [1.807, 2.05) is 37.3 Å². The van der Waals surface area contributed by atoms with Gasteiger partial charge in [-0.15, -0.1) is 0 Å². The molecule has 0 aliphatic rings. The first-order valence-corrected chi connectivity index (χ1v) is 5.88. The van der Waals surface area contributed by atoms with E-state index in [0.717, 1.165) is 5.56 Å². The fraction of sp³-hybridized carbons (Fsp3) is 0.429. The lowest BCUT2D eigenvalue weighted by atomic mass is 10.1. The monoisotopic (exact) mass is 249 g/mol. The van der Waals surface area contributed by atoms with E-state index in [1.165, 1.54) is 6.92 Å². The molecule has 0 fully saturated rings. The molecule has 0 heterocycles. The molecule has 1 N–H and O–H groups in total. The molecule has 1 atom stereocenters. The number of nitrogens with one attached hydrogen (secondary N) is 1. The summed E-state index contributed by atoms with van der Waals surface area (Å²) in [4.78, 5) is 22.9. The summed E-state index contributed by atoms with van der Waals surface area (Å²) < 4.78 is 4.99. The minimum atomic E-state index is -1.16. The molecule has 98 valence electrons. The first-order valence-electron chi connectivity index (χ1n) is 5.88. The molecule has 0 radical (unpaired) electrons. The molecule has 4 nitrogen and oxygen atoms in total. The van der Waals surface area contributed by atoms with Gasteiger partial charge in [0.25, 0.3) is 5.91 Å². The van der Waals surface area contributed by atoms with Crippen LogP contribution in [0.1, 0.15) is 39.3 Å². The van der Waals surface area contributed by atoms with Gasteiger partial charge in [-0.2, -0.15) is 0 Å². The standard InChI is InChI=1S/C14H19NO3/c1-10(12-8-6-5-7-9-12)15-13(17)14(3,4)18-11(2)16/h5-10H,1-4H3,(H,15,17). The van der Waals surface area contributed by atoms with Crippen LogP contribution in [-0.2, 0) is 14.3 Å². The average Bonchev–Trinajstić information content (AvgIpc) is 2.28. The first-order chi connectivity index (χ1) is 8.33. The number of hydrogen-bond donors (Lipinski definition) is 1. The SMILES string of the molecule is CC(=O)OC(C)(C)C(=O)NC(C)c1ccccc1. The molecule has 1 unspecified atom stereocenters. The number of esters is 1. The van der Waals surface area contributed by atoms with Crippen LogP contribution in [0.3, 0.4) is 0 Å². The maximum absolute atomic E-state index is 12.0. The normalized spacial score (nSPS) is 12.7. The summed E-state index contributed by atoms with van der Waals surface area (Å²) in [6, 6.07) is 9.48. The highest BCUT2D eigenvalue weighted by Gasteiger charge is 2.31. The second-order valence-corrected chi connectivity index (χ2v) is 4.71. The fourth-order valence-electron chi connectivity index (χ4n) is 1.60. The number of amides is 1. The van der Waals surface area contributed by atoms with Crippen molar-refractivity contribution >= 4 is 11.9 Å². The fourth-order valence-corrected chi connectivity index (χ4v) is 1.60. The molecule has 1 aromatic carbocycles. The van der Waals surface area contributed by atoms with E-state index in [4.69, 9.17) is 4.74 Å². The topological polar surface area (TPSA) is 55.4 Å². The summed E-state index contributed by atoms with van der Waals surface area (Å²) in [7, 11) is 0. The summed E-state index contributed by atoms with van der Waals surface area (Å²) in [5, 5.41) is 2.83. The predicted octanol–water partition coefficient (Wildman–Crippen LogP) is 2.21. The van der Waals surface area contributed by atoms with Crippen LogP contribution in [0.5, 0.6) is 0 Å². The van der Waals surface area contributed by atoms with Gasteiger partial charge in [0.2, 0.25) is 0 Å². The van der Waals surface area contributed by atoms with Gasteiger partial charge in [-0.25, -0.2) is 0 Å². The van der Waals surface area contributed by atoms with Gasteiger partial charge in [0.05, 0.1) is 6.04 Å². The summed E-state index contributed by atoms with van der Waals surface area (Å²) in [5.74, 6) is -0.781. The van der Waals surface area contributed by atoms with Crippen molar-refractivity contribution in [1.82, 2.24) is 5.32 Å². The third kappa shape index (κ3) is 3.87. The second-order valence-electron chi connectivity index (χ2n) is 4.71. The van der Waals surface area contributed by atoms with Gasteiger partial charge in [-0.05, 0) is 26.3 Å². The molecular formula is C14H19NO3. The molecule has 1 amide bonds. The molecule has 1 rings (SSSR count). The molecule has 18 heavy (non-hydrogen) atoms. The van der Waals surface area contributed by atoms with Gasteiger partial charge in [0.15, 0.2) is 5.60 Å². The maximum Gasteiger partial charge on any atom is 0.303 e. The van der Waals surface area contributed by atoms with Crippen molar-refractivity contribution in [3.8, 4) is 0 Å². The van der Waals surface area contributed by atoms with Crippen LogP contribution in [0.2, 0.25) is 0 Å². The Morgan fingerprint density at radius 3 is 2.28 bits per heavy atom. The highest BCUT2D eigenvalue weighted by atomic mass is 16.6. The van der Waals surface area contributed by atoms with Gasteiger partial charge in [0, 0.05) is 6.92 Å². The lowest BCUT2D eigenvalue weighted by Crippen LogP contribution is -2.46. The Kier molecular flexibility index (Phi) is 4.48. The Labute approximate surface area is 107 Å². The highest BCUT2D eigenvalue weighted by molar-refractivity contribution is 5.87. The Bertz CT molecular complexity index is 426. The van der Waals surface area contributed by atoms with Crippen LogP contribution in [-0.4, -0.2) is 17.5 Å². The van der Waals surface area contributed by atoms with Crippen LogP contribution in [0.15, 0.2) is 30.3 Å². The lowest BCUT2D eigenvalue weighted by Gasteiger charge is -2.25. The number of carbonyl (C=O) groups excluding carboxylic acids is 2. The zero-order valence-corrected chi connectivity index (χ0v) is 11.2. The largest absolute Gasteiger partial charge is 0.450 e. The summed E-state index contributed by atoms with van der Waals surface area (Å²) in [6.45, 7) is 6.32. The molecule has 0 saturated heterocycles. The quantitative estimate of drug-likeness (QED) is 0.832. The van der Waals surface area contributed by atoms with Crippen molar-refractivity contribution in [3.63, 3.8) is 0 Å². The number of carbonyl (C=O) groups is 2. The van der Waals surface area contributed by atoms with Crippen molar-refractivity contribution in [1.29, 1.82) is 0 Å². The van der Waals surface area contributed by atoms with Gasteiger partial charge in [-0.3, -0.25) is 9.59 Å². The van der Waals surface area contributed by atoms with E-state index in [9.17, 15) is 9.59 Å². The first kappa shape index (κ1) is 14.2. The molecule has 0 aliphatic carbocycles. The van der Waals surface area contributed by atoms with Crippen LogP contribution < -0.4 is 5.32 Å². The average molecular weight is 249 g/mol. The zero-order valence-electron chi connectivity index (χ0n) is 11.2. The number of hydrogen-bond acceptors (Lipinski definition) is 3. The smallest absolute Gasteiger partial charge is 0.303 e. The molecule has 0 aromatic heterocycles. The van der Waals surface area contributed by atoms with E-state index in [1.54, 1.807) is 13.8 Å².